The fourth-order valence-electron chi connectivity index (χ4n) is 1.50. The van der Waals surface area contributed by atoms with Crippen LogP contribution < -0.4 is 10.5 Å². The highest BCUT2D eigenvalue weighted by Crippen LogP contribution is 2.40. The quantitative estimate of drug-likeness (QED) is 0.508. The van der Waals surface area contributed by atoms with E-state index >= 15 is 0 Å². The van der Waals surface area contributed by atoms with Crippen molar-refractivity contribution < 1.29 is 14.8 Å². The molecule has 1 aliphatic rings. The van der Waals surface area contributed by atoms with Gasteiger partial charge in [-0.1, -0.05) is 0 Å². The summed E-state index contributed by atoms with van der Waals surface area (Å²) in [6.45, 7) is 0.208. The molecular weight excluding hydrogens is 188 g/mol. The summed E-state index contributed by atoms with van der Waals surface area (Å²) in [6.07, 6.45) is 0. The highest BCUT2D eigenvalue weighted by molar-refractivity contribution is 5.57. The molecule has 1 heterocycles. The van der Waals surface area contributed by atoms with E-state index < -0.39 is 11.0 Å². The first-order valence-electron chi connectivity index (χ1n) is 3.99. The molecule has 0 radical (unpaired) electrons. The molecule has 0 aliphatic carbocycles. The fourth-order valence-corrected chi connectivity index (χ4v) is 1.50. The molecule has 1 aliphatic heterocycles. The van der Waals surface area contributed by atoms with Gasteiger partial charge in [-0.25, -0.2) is 0 Å². The van der Waals surface area contributed by atoms with E-state index in [-0.39, 0.29) is 18.0 Å². The zero-order valence-corrected chi connectivity index (χ0v) is 7.14. The summed E-state index contributed by atoms with van der Waals surface area (Å²) in [5, 5.41) is 19.8. The van der Waals surface area contributed by atoms with E-state index in [4.69, 9.17) is 10.5 Å². The third-order valence-corrected chi connectivity index (χ3v) is 2.09. The van der Waals surface area contributed by atoms with Gasteiger partial charge in [0.25, 0.3) is 5.69 Å². The van der Waals surface area contributed by atoms with Crippen LogP contribution in [0, 0.1) is 10.1 Å². The normalized spacial score (nSPS) is 18.8. The van der Waals surface area contributed by atoms with Crippen LogP contribution in [0.4, 0.5) is 5.69 Å². The van der Waals surface area contributed by atoms with Crippen LogP contribution in [0.3, 0.4) is 0 Å². The first-order valence-corrected chi connectivity index (χ1v) is 3.99. The number of nitro benzene ring substituents is 1. The fraction of sp³-hybridized carbons (Fsp3) is 0.250. The Morgan fingerprint density at radius 3 is 3.00 bits per heavy atom. The van der Waals surface area contributed by atoms with Gasteiger partial charge < -0.3 is 15.6 Å². The molecule has 0 bridgehead atoms. The molecule has 0 aromatic heterocycles. The van der Waals surface area contributed by atoms with Gasteiger partial charge in [-0.05, 0) is 0 Å². The molecule has 3 N–H and O–H groups in total. The number of fused-ring (bicyclic) bond motifs is 1. The summed E-state index contributed by atoms with van der Waals surface area (Å²) in [5.41, 5.74) is 5.79. The zero-order chi connectivity index (χ0) is 10.3. The van der Waals surface area contributed by atoms with Crippen LogP contribution >= 0.6 is 0 Å². The average molecular weight is 196 g/mol. The van der Waals surface area contributed by atoms with Crippen molar-refractivity contribution in [3.8, 4) is 11.5 Å². The summed E-state index contributed by atoms with van der Waals surface area (Å²) in [6, 6.07) is 1.91. The number of nitro groups is 1. The third kappa shape index (κ3) is 1.16. The molecule has 0 unspecified atom stereocenters. The predicted octanol–water partition coefficient (Wildman–Crippen LogP) is 0.693. The number of aromatic hydroxyl groups is 1. The molecule has 1 atom stereocenters. The van der Waals surface area contributed by atoms with E-state index in [0.717, 1.165) is 6.07 Å². The largest absolute Gasteiger partial charge is 0.508 e. The van der Waals surface area contributed by atoms with E-state index in [2.05, 4.69) is 0 Å². The van der Waals surface area contributed by atoms with Gasteiger partial charge in [0.2, 0.25) is 0 Å². The number of phenols is 1. The average Bonchev–Trinajstić information content (AvgIpc) is 2.46. The minimum absolute atomic E-state index is 0.190. The summed E-state index contributed by atoms with van der Waals surface area (Å²) in [5.74, 6) is 0.105. The zero-order valence-electron chi connectivity index (χ0n) is 7.14. The standard InChI is InChI=1S/C8H8N2O4/c9-5-3-14-7-2-4(11)1-6(8(5)7)10(12)13/h1-2,5,11H,3,9H2/t5-/m0/s1. The van der Waals surface area contributed by atoms with Crippen molar-refractivity contribution >= 4 is 5.69 Å². The lowest BCUT2D eigenvalue weighted by molar-refractivity contribution is -0.385. The molecule has 0 spiro atoms. The van der Waals surface area contributed by atoms with Gasteiger partial charge >= 0.3 is 0 Å². The van der Waals surface area contributed by atoms with Gasteiger partial charge in [-0.3, -0.25) is 10.1 Å². The van der Waals surface area contributed by atoms with Crippen molar-refractivity contribution in [2.45, 2.75) is 6.04 Å². The molecule has 0 amide bonds. The van der Waals surface area contributed by atoms with Gasteiger partial charge in [-0.15, -0.1) is 0 Å². The molecule has 1 aromatic rings. The molecule has 14 heavy (non-hydrogen) atoms. The Hall–Kier alpha value is -1.82. The van der Waals surface area contributed by atoms with Gasteiger partial charge in [0.1, 0.15) is 18.1 Å². The monoisotopic (exact) mass is 196 g/mol. The van der Waals surface area contributed by atoms with Gasteiger partial charge in [0, 0.05) is 6.07 Å². The maximum Gasteiger partial charge on any atom is 0.281 e. The van der Waals surface area contributed by atoms with Crippen LogP contribution in [0.1, 0.15) is 11.6 Å². The molecule has 0 fully saturated rings. The number of ether oxygens (including phenoxy) is 1. The molecule has 6 heteroatoms. The molecule has 6 nitrogen and oxygen atoms in total. The molecule has 0 saturated heterocycles. The first-order chi connectivity index (χ1) is 6.59. The Bertz CT molecular complexity index is 405. The van der Waals surface area contributed by atoms with E-state index in [1.165, 1.54) is 6.07 Å². The number of rotatable bonds is 1. The lowest BCUT2D eigenvalue weighted by Gasteiger charge is -2.02. The van der Waals surface area contributed by atoms with Crippen LogP contribution in [-0.2, 0) is 0 Å². The predicted molar refractivity (Wildman–Crippen MR) is 47.2 cm³/mol. The Balaban J connectivity index is 2.65. The van der Waals surface area contributed by atoms with Crippen molar-refractivity contribution in [1.82, 2.24) is 0 Å². The summed E-state index contributed by atoms with van der Waals surface area (Å²) >= 11 is 0. The van der Waals surface area contributed by atoms with Crippen molar-refractivity contribution in [2.24, 2.45) is 5.73 Å². The number of hydrogen-bond donors (Lipinski definition) is 2. The van der Waals surface area contributed by atoms with Gasteiger partial charge in [0.15, 0.2) is 0 Å². The second kappa shape index (κ2) is 2.85. The van der Waals surface area contributed by atoms with Crippen LogP contribution in [0.15, 0.2) is 12.1 Å². The number of hydrogen-bond acceptors (Lipinski definition) is 5. The van der Waals surface area contributed by atoms with Crippen LogP contribution in [-0.4, -0.2) is 16.6 Å². The summed E-state index contributed by atoms with van der Waals surface area (Å²) < 4.78 is 5.09. The third-order valence-electron chi connectivity index (χ3n) is 2.09. The maximum absolute atomic E-state index is 10.6. The molecular formula is C8H8N2O4. The highest BCUT2D eigenvalue weighted by Gasteiger charge is 2.30. The lowest BCUT2D eigenvalue weighted by Crippen LogP contribution is -2.12. The molecule has 1 aromatic carbocycles. The van der Waals surface area contributed by atoms with Gasteiger partial charge in [0.05, 0.1) is 22.6 Å². The Morgan fingerprint density at radius 2 is 2.36 bits per heavy atom. The second-order valence-corrected chi connectivity index (χ2v) is 3.05. The van der Waals surface area contributed by atoms with Crippen molar-refractivity contribution in [2.75, 3.05) is 6.61 Å². The summed E-state index contributed by atoms with van der Waals surface area (Å²) in [4.78, 5) is 10.1. The van der Waals surface area contributed by atoms with Crippen LogP contribution in [0.2, 0.25) is 0 Å². The number of nitrogens with two attached hydrogens (primary N) is 1. The van der Waals surface area contributed by atoms with E-state index in [0.29, 0.717) is 11.3 Å². The topological polar surface area (TPSA) is 98.6 Å². The van der Waals surface area contributed by atoms with Gasteiger partial charge in [-0.2, -0.15) is 0 Å². The van der Waals surface area contributed by atoms with E-state index in [9.17, 15) is 15.2 Å². The SMILES string of the molecule is N[C@H]1COc2cc(O)cc([N+](=O)[O-])c21. The minimum atomic E-state index is -0.576. The minimum Gasteiger partial charge on any atom is -0.508 e. The molecule has 74 valence electrons. The Labute approximate surface area is 79.1 Å². The van der Waals surface area contributed by atoms with Crippen molar-refractivity contribution in [3.63, 3.8) is 0 Å². The molecule has 0 saturated carbocycles. The van der Waals surface area contributed by atoms with Crippen molar-refractivity contribution in [3.05, 3.63) is 27.8 Å². The highest BCUT2D eigenvalue weighted by atomic mass is 16.6. The lowest BCUT2D eigenvalue weighted by atomic mass is 10.1. The number of nitrogens with zero attached hydrogens (tertiary/aromatic N) is 1. The summed E-state index contributed by atoms with van der Waals surface area (Å²) in [7, 11) is 0. The van der Waals surface area contributed by atoms with E-state index in [1.54, 1.807) is 0 Å². The first kappa shape index (κ1) is 8.76. The van der Waals surface area contributed by atoms with Crippen LogP contribution in [0.25, 0.3) is 0 Å². The Morgan fingerprint density at radius 1 is 1.64 bits per heavy atom. The Kier molecular flexibility index (Phi) is 1.78. The molecule has 2 rings (SSSR count). The second-order valence-electron chi connectivity index (χ2n) is 3.05. The van der Waals surface area contributed by atoms with Crippen molar-refractivity contribution in [1.29, 1.82) is 0 Å². The van der Waals surface area contributed by atoms with Crippen LogP contribution in [0.5, 0.6) is 11.5 Å². The number of phenolic OH excluding ortho intramolecular Hbond substituents is 1. The smallest absolute Gasteiger partial charge is 0.281 e. The maximum atomic E-state index is 10.6. The number of benzene rings is 1. The van der Waals surface area contributed by atoms with E-state index in [1.807, 2.05) is 0 Å².